The van der Waals surface area contributed by atoms with Crippen LogP contribution in [-0.2, 0) is 21.4 Å². The van der Waals surface area contributed by atoms with Gasteiger partial charge in [-0.05, 0) is 42.8 Å². The van der Waals surface area contributed by atoms with Crippen LogP contribution in [0.25, 0.3) is 17.3 Å². The Hall–Kier alpha value is -3.71. The largest absolute Gasteiger partial charge is 0.481 e. The van der Waals surface area contributed by atoms with Crippen molar-refractivity contribution in [3.8, 4) is 11.3 Å². The lowest BCUT2D eigenvalue weighted by atomic mass is 9.97. The molecule has 0 unspecified atom stereocenters. The molecule has 0 bridgehead atoms. The number of benzene rings is 2. The van der Waals surface area contributed by atoms with E-state index >= 15 is 0 Å². The number of rotatable bonds is 12. The molecule has 0 fully saturated rings. The number of aliphatic hydroxyl groups is 2. The van der Waals surface area contributed by atoms with E-state index in [1.54, 1.807) is 0 Å². The molecule has 12 heteroatoms. The smallest absolute Gasteiger partial charge is 0.305 e. The van der Waals surface area contributed by atoms with Crippen LogP contribution < -0.4 is 9.62 Å². The topological polar surface area (TPSA) is 153 Å². The summed E-state index contributed by atoms with van der Waals surface area (Å²) in [5, 5.41) is 31.9. The third kappa shape index (κ3) is 10.9. The van der Waals surface area contributed by atoms with Gasteiger partial charge in [0.25, 0.3) is 0 Å². The number of nitrogens with one attached hydrogen (secondary N) is 1. The maximum absolute atomic E-state index is 13.5. The average molecular weight is 603 g/mol. The Bertz CT molecular complexity index is 1430. The first-order valence-electron chi connectivity index (χ1n) is 13.3. The molecule has 4 N–H and O–H groups in total. The van der Waals surface area contributed by atoms with Gasteiger partial charge in [0, 0.05) is 31.1 Å². The average Bonchev–Trinajstić information content (AvgIpc) is 2.91. The Labute approximate surface area is 246 Å². The molecular weight excluding hydrogens is 563 g/mol. The number of hydrogen-bond acceptors (Lipinski definition) is 8. The first-order chi connectivity index (χ1) is 19.7. The van der Waals surface area contributed by atoms with Gasteiger partial charge < -0.3 is 20.6 Å². The van der Waals surface area contributed by atoms with Crippen LogP contribution in [0.5, 0.6) is 0 Å². The molecule has 0 saturated heterocycles. The van der Waals surface area contributed by atoms with E-state index in [9.17, 15) is 27.8 Å². The summed E-state index contributed by atoms with van der Waals surface area (Å²) >= 11 is 0. The summed E-state index contributed by atoms with van der Waals surface area (Å²) < 4.78 is 38.6. The SMILES string of the molecule is CC(C)c1nc(N(C)S(C)(=O)=O)nc(-c2ccc(F)cc2)c1/C=C/[C@@H](O)C[C@@H](O)CC(=O)O.CNCc1ccccc1. The van der Waals surface area contributed by atoms with E-state index in [0.29, 0.717) is 22.5 Å². The van der Waals surface area contributed by atoms with Crippen molar-refractivity contribution in [2.75, 3.05) is 24.7 Å². The number of nitrogens with zero attached hydrogens (tertiary/aromatic N) is 3. The zero-order valence-corrected chi connectivity index (χ0v) is 25.2. The zero-order chi connectivity index (χ0) is 31.4. The summed E-state index contributed by atoms with van der Waals surface area (Å²) in [7, 11) is -0.374. The molecule has 0 spiro atoms. The lowest BCUT2D eigenvalue weighted by molar-refractivity contribution is -0.139. The highest BCUT2D eigenvalue weighted by molar-refractivity contribution is 7.92. The van der Waals surface area contributed by atoms with Gasteiger partial charge in [-0.15, -0.1) is 0 Å². The van der Waals surface area contributed by atoms with Crippen molar-refractivity contribution in [1.82, 2.24) is 15.3 Å². The summed E-state index contributed by atoms with van der Waals surface area (Å²) in [5.74, 6) is -1.87. The summed E-state index contributed by atoms with van der Waals surface area (Å²) in [6, 6.07) is 15.8. The van der Waals surface area contributed by atoms with E-state index in [1.165, 1.54) is 49.0 Å². The van der Waals surface area contributed by atoms with Crippen molar-refractivity contribution in [1.29, 1.82) is 0 Å². The minimum absolute atomic E-state index is 0.0601. The van der Waals surface area contributed by atoms with E-state index in [4.69, 9.17) is 5.11 Å². The van der Waals surface area contributed by atoms with E-state index in [0.717, 1.165) is 17.1 Å². The van der Waals surface area contributed by atoms with E-state index in [2.05, 4.69) is 27.4 Å². The van der Waals surface area contributed by atoms with Crippen LogP contribution in [0.15, 0.2) is 60.7 Å². The summed E-state index contributed by atoms with van der Waals surface area (Å²) in [5.41, 5.74) is 3.14. The van der Waals surface area contributed by atoms with Crippen LogP contribution in [0.1, 0.15) is 49.4 Å². The standard InChI is InChI=1S/C22H28FN3O6S.C8H11N/c1-13(2)20-18(10-9-16(27)11-17(28)12-19(29)30)21(14-5-7-15(23)8-6-14)25-22(24-20)26(3)33(4,31)32;1-9-7-8-5-3-2-4-6-8/h5-10,13,16-17,27-28H,11-12H2,1-4H3,(H,29,30);2-6,9H,7H2,1H3/b10-9+;/t16-,17-;/m1./s1. The third-order valence-electron chi connectivity index (χ3n) is 6.04. The van der Waals surface area contributed by atoms with Crippen LogP contribution in [0, 0.1) is 5.82 Å². The van der Waals surface area contributed by atoms with Crippen LogP contribution in [0.3, 0.4) is 0 Å². The van der Waals surface area contributed by atoms with Crippen LogP contribution >= 0.6 is 0 Å². The fourth-order valence-electron chi connectivity index (χ4n) is 3.85. The van der Waals surface area contributed by atoms with Crippen molar-refractivity contribution in [2.24, 2.45) is 0 Å². The number of aromatic nitrogens is 2. The van der Waals surface area contributed by atoms with Crippen molar-refractivity contribution in [2.45, 2.75) is 51.4 Å². The molecule has 42 heavy (non-hydrogen) atoms. The van der Waals surface area contributed by atoms with Crippen LogP contribution in [0.4, 0.5) is 10.3 Å². The Morgan fingerprint density at radius 3 is 2.21 bits per heavy atom. The normalized spacial score (nSPS) is 13.0. The summed E-state index contributed by atoms with van der Waals surface area (Å²) in [6.07, 6.45) is 0.860. The maximum atomic E-state index is 13.5. The van der Waals surface area contributed by atoms with Gasteiger partial charge in [-0.1, -0.05) is 56.3 Å². The van der Waals surface area contributed by atoms with Crippen molar-refractivity contribution in [3.63, 3.8) is 0 Å². The molecule has 3 aromatic rings. The number of carboxylic acids is 1. The summed E-state index contributed by atoms with van der Waals surface area (Å²) in [6.45, 7) is 4.66. The molecule has 1 heterocycles. The molecule has 228 valence electrons. The van der Waals surface area contributed by atoms with Gasteiger partial charge in [-0.25, -0.2) is 27.1 Å². The number of anilines is 1. The highest BCUT2D eigenvalue weighted by atomic mass is 32.2. The summed E-state index contributed by atoms with van der Waals surface area (Å²) in [4.78, 5) is 19.6. The van der Waals surface area contributed by atoms with E-state index in [1.807, 2.05) is 39.1 Å². The minimum Gasteiger partial charge on any atom is -0.481 e. The predicted octanol–water partition coefficient (Wildman–Crippen LogP) is 3.81. The molecule has 0 aliphatic rings. The number of halogens is 1. The molecule has 2 atom stereocenters. The Morgan fingerprint density at radius 1 is 1.07 bits per heavy atom. The molecule has 0 aliphatic carbocycles. The molecule has 1 aromatic heterocycles. The molecule has 3 rings (SSSR count). The second-order valence-corrected chi connectivity index (χ2v) is 12.0. The molecule has 2 aromatic carbocycles. The molecule has 0 amide bonds. The van der Waals surface area contributed by atoms with E-state index in [-0.39, 0.29) is 18.3 Å². The second kappa shape index (κ2) is 16.1. The van der Waals surface area contributed by atoms with Gasteiger partial charge in [-0.3, -0.25) is 4.79 Å². The highest BCUT2D eigenvalue weighted by Crippen LogP contribution is 2.31. The number of hydrogen-bond donors (Lipinski definition) is 4. The van der Waals surface area contributed by atoms with Gasteiger partial charge in [0.1, 0.15) is 5.82 Å². The number of carbonyl (C=O) groups is 1. The van der Waals surface area contributed by atoms with Crippen molar-refractivity contribution in [3.05, 3.63) is 83.3 Å². The van der Waals surface area contributed by atoms with Gasteiger partial charge in [-0.2, -0.15) is 0 Å². The highest BCUT2D eigenvalue weighted by Gasteiger charge is 2.22. The molecule has 10 nitrogen and oxygen atoms in total. The predicted molar refractivity (Wildman–Crippen MR) is 162 cm³/mol. The lowest BCUT2D eigenvalue weighted by Gasteiger charge is -2.20. The van der Waals surface area contributed by atoms with E-state index < -0.39 is 40.4 Å². The molecular formula is C30H39FN4O6S. The number of aliphatic carboxylic acids is 1. The maximum Gasteiger partial charge on any atom is 0.305 e. The molecule has 0 radical (unpaired) electrons. The van der Waals surface area contributed by atoms with Crippen molar-refractivity contribution < 1.29 is 32.9 Å². The zero-order valence-electron chi connectivity index (χ0n) is 24.4. The Kier molecular flexibility index (Phi) is 13.2. The molecule has 0 saturated carbocycles. The lowest BCUT2D eigenvalue weighted by Crippen LogP contribution is -2.27. The van der Waals surface area contributed by atoms with Gasteiger partial charge >= 0.3 is 5.97 Å². The Morgan fingerprint density at radius 2 is 1.69 bits per heavy atom. The molecule has 0 aliphatic heterocycles. The Balaban J connectivity index is 0.000000581. The third-order valence-corrected chi connectivity index (χ3v) is 7.20. The van der Waals surface area contributed by atoms with Crippen molar-refractivity contribution >= 4 is 28.0 Å². The quantitative estimate of drug-likeness (QED) is 0.242. The first-order valence-corrected chi connectivity index (χ1v) is 15.1. The number of aliphatic hydroxyl groups excluding tert-OH is 2. The number of carboxylic acid groups (broad SMARTS) is 1. The second-order valence-electron chi connectivity index (χ2n) is 9.99. The van der Waals surface area contributed by atoms with Crippen LogP contribution in [-0.4, -0.2) is 72.2 Å². The van der Waals surface area contributed by atoms with Crippen LogP contribution in [0.2, 0.25) is 0 Å². The van der Waals surface area contributed by atoms with Gasteiger partial charge in [0.15, 0.2) is 0 Å². The fourth-order valence-corrected chi connectivity index (χ4v) is 4.22. The minimum atomic E-state index is -3.65. The fraction of sp³-hybridized carbons (Fsp3) is 0.367. The van der Waals surface area contributed by atoms with Gasteiger partial charge in [0.05, 0.1) is 36.3 Å². The first kappa shape index (κ1) is 34.5. The van der Waals surface area contributed by atoms with Gasteiger partial charge in [0.2, 0.25) is 16.0 Å². The monoisotopic (exact) mass is 602 g/mol. The number of sulfonamides is 1.